The van der Waals surface area contributed by atoms with Crippen LogP contribution in [-0.2, 0) is 14.2 Å². The van der Waals surface area contributed by atoms with E-state index in [0.29, 0.717) is 42.9 Å². The first-order valence-corrected chi connectivity index (χ1v) is 29.7. The molecule has 4 aliphatic heterocycles. The predicted molar refractivity (Wildman–Crippen MR) is 271 cm³/mol. The molecule has 0 amide bonds. The Labute approximate surface area is 430 Å². The Balaban J connectivity index is 0.902. The summed E-state index contributed by atoms with van der Waals surface area (Å²) in [5, 5.41) is 79.4. The second-order valence-electron chi connectivity index (χ2n) is 25.1. The maximum absolute atomic E-state index is 12.8. The van der Waals surface area contributed by atoms with Crippen LogP contribution in [0.1, 0.15) is 155 Å². The largest absolute Gasteiger partial charge is 0.507 e. The molecule has 9 N–H and O–H groups in total. The minimum atomic E-state index is -1.81. The SMILES string of the molecule is CC(=O)c1c(C)c(O)c2cc(C(=O)O)cc(OC3OC(CO)C4(CCC56CC7(CC8COCC(CCCO)(CSSCO4)C85)CC4(CCC5CCCC8CCCC89CCC54C9)CC7NN6)C(O)C3O)c2c1O. The number of carbonyl (C=O) groups excluding carboxylic acids is 1. The number of carboxylic acid groups (broad SMARTS) is 1. The Morgan fingerprint density at radius 3 is 2.51 bits per heavy atom. The molecule has 6 saturated carbocycles. The van der Waals surface area contributed by atoms with Crippen molar-refractivity contribution in [1.29, 1.82) is 0 Å². The van der Waals surface area contributed by atoms with E-state index in [1.54, 1.807) is 10.8 Å². The number of ether oxygens (including phenoxy) is 4. The fraction of sp³-hybridized carbons (Fsp3) is 0.782. The number of aliphatic hydroxyl groups excluding tert-OH is 4. The van der Waals surface area contributed by atoms with Gasteiger partial charge in [-0.1, -0.05) is 34.4 Å². The lowest BCUT2D eigenvalue weighted by Gasteiger charge is -2.67. The average molecular weight is 1040 g/mol. The molecular formula is C55H76N2O13S2. The molecule has 396 valence electrons. The quantitative estimate of drug-likeness (QED) is 0.0706. The Kier molecular flexibility index (Phi) is 12.7. The number of Topliss-reactive ketones (excluding diaryl/α,β-unsaturated/α-hetero) is 1. The molecule has 17 heteroatoms. The third kappa shape index (κ3) is 7.23. The number of aliphatic hydroxyl groups is 4. The molecule has 4 heterocycles. The highest BCUT2D eigenvalue weighted by atomic mass is 33.1. The molecule has 0 aromatic heterocycles. The van der Waals surface area contributed by atoms with E-state index in [-0.39, 0.29) is 80.3 Å². The second kappa shape index (κ2) is 18.1. The summed E-state index contributed by atoms with van der Waals surface area (Å²) < 4.78 is 26.4. The van der Waals surface area contributed by atoms with Gasteiger partial charge in [-0.05, 0) is 180 Å². The van der Waals surface area contributed by atoms with Gasteiger partial charge in [-0.25, -0.2) is 4.79 Å². The van der Waals surface area contributed by atoms with E-state index in [2.05, 4.69) is 10.9 Å². The van der Waals surface area contributed by atoms with Crippen molar-refractivity contribution in [3.8, 4) is 17.2 Å². The smallest absolute Gasteiger partial charge is 0.335 e. The number of aromatic hydroxyl groups is 2. The number of aromatic carboxylic acids is 1. The number of carbonyl (C=O) groups is 2. The molecule has 4 bridgehead atoms. The van der Waals surface area contributed by atoms with Crippen LogP contribution in [0.4, 0.5) is 0 Å². The number of ketones is 1. The summed E-state index contributed by atoms with van der Waals surface area (Å²) in [5.74, 6) is -0.301. The molecule has 10 fully saturated rings. The van der Waals surface area contributed by atoms with Gasteiger partial charge in [0.15, 0.2) is 5.78 Å². The average Bonchev–Trinajstić information content (AvgIpc) is 4.10. The Bertz CT molecular complexity index is 2500. The molecular weight excluding hydrogens is 961 g/mol. The Hall–Kier alpha value is -2.42. The first-order valence-electron chi connectivity index (χ1n) is 27.2. The van der Waals surface area contributed by atoms with Gasteiger partial charge in [-0.3, -0.25) is 15.6 Å². The summed E-state index contributed by atoms with van der Waals surface area (Å²) in [6.45, 7) is 3.36. The zero-order valence-corrected chi connectivity index (χ0v) is 43.6. The molecule has 6 aliphatic carbocycles. The van der Waals surface area contributed by atoms with Crippen molar-refractivity contribution in [3.63, 3.8) is 0 Å². The maximum Gasteiger partial charge on any atom is 0.335 e. The van der Waals surface area contributed by atoms with Crippen LogP contribution in [0.25, 0.3) is 10.8 Å². The Morgan fingerprint density at radius 1 is 0.903 bits per heavy atom. The van der Waals surface area contributed by atoms with Crippen molar-refractivity contribution >= 4 is 44.1 Å². The van der Waals surface area contributed by atoms with Gasteiger partial charge in [0.2, 0.25) is 6.29 Å². The summed E-state index contributed by atoms with van der Waals surface area (Å²) >= 11 is 0. The van der Waals surface area contributed by atoms with Gasteiger partial charge >= 0.3 is 5.97 Å². The minimum absolute atomic E-state index is 0.00662. The number of hydrazine groups is 1. The monoisotopic (exact) mass is 1040 g/mol. The van der Waals surface area contributed by atoms with E-state index in [0.717, 1.165) is 49.0 Å². The normalized spacial score (nSPS) is 45.4. The summed E-state index contributed by atoms with van der Waals surface area (Å²) in [7, 11) is 3.19. The minimum Gasteiger partial charge on any atom is -0.507 e. The molecule has 10 aliphatic rings. The highest BCUT2D eigenvalue weighted by Gasteiger charge is 2.75. The number of hydrogen-bond donors (Lipinski definition) is 9. The number of carboxylic acids is 1. The zero-order chi connectivity index (χ0) is 50.2. The number of phenols is 2. The molecule has 2 aromatic carbocycles. The highest BCUT2D eigenvalue weighted by molar-refractivity contribution is 8.76. The number of nitrogens with one attached hydrogen (secondary N) is 2. The highest BCUT2D eigenvalue weighted by Crippen LogP contribution is 2.80. The van der Waals surface area contributed by atoms with Gasteiger partial charge in [0.05, 0.1) is 29.7 Å². The lowest BCUT2D eigenvalue weighted by molar-refractivity contribution is -0.323. The lowest BCUT2D eigenvalue weighted by atomic mass is 9.46. The van der Waals surface area contributed by atoms with Crippen LogP contribution in [0.15, 0.2) is 12.1 Å². The molecule has 2 aromatic rings. The van der Waals surface area contributed by atoms with Crippen molar-refractivity contribution in [3.05, 3.63) is 28.8 Å². The van der Waals surface area contributed by atoms with E-state index >= 15 is 0 Å². The van der Waals surface area contributed by atoms with E-state index in [1.165, 1.54) is 108 Å². The van der Waals surface area contributed by atoms with Crippen molar-refractivity contribution in [2.45, 2.75) is 178 Å². The third-order valence-corrected chi connectivity index (χ3v) is 24.4. The lowest BCUT2D eigenvalue weighted by Crippen LogP contribution is -2.77. The molecule has 15 nitrogen and oxygen atoms in total. The van der Waals surface area contributed by atoms with Crippen molar-refractivity contribution in [1.82, 2.24) is 10.9 Å². The third-order valence-electron chi connectivity index (χ3n) is 22.2. The number of fused-ring (bicyclic) bond motifs is 1. The molecule has 4 saturated heterocycles. The van der Waals surface area contributed by atoms with Gasteiger partial charge < -0.3 is 54.7 Å². The van der Waals surface area contributed by atoms with Gasteiger partial charge in [-0.2, -0.15) is 0 Å². The number of hydrogen-bond acceptors (Lipinski definition) is 16. The van der Waals surface area contributed by atoms with Gasteiger partial charge in [0, 0.05) is 46.9 Å². The van der Waals surface area contributed by atoms with Gasteiger partial charge in [-0.15, -0.1) is 0 Å². The van der Waals surface area contributed by atoms with Crippen LogP contribution >= 0.6 is 21.6 Å². The molecule has 6 spiro atoms. The molecule has 72 heavy (non-hydrogen) atoms. The predicted octanol–water partition coefficient (Wildman–Crippen LogP) is 7.51. The van der Waals surface area contributed by atoms with Crippen LogP contribution in [0, 0.1) is 57.7 Å². The van der Waals surface area contributed by atoms with Crippen LogP contribution in [0.3, 0.4) is 0 Å². The first kappa shape index (κ1) is 50.4. The van der Waals surface area contributed by atoms with Crippen molar-refractivity contribution in [2.24, 2.45) is 50.7 Å². The zero-order valence-electron chi connectivity index (χ0n) is 41.9. The van der Waals surface area contributed by atoms with Gasteiger partial charge in [0.25, 0.3) is 0 Å². The van der Waals surface area contributed by atoms with Crippen molar-refractivity contribution < 1.29 is 64.3 Å². The second-order valence-corrected chi connectivity index (χ2v) is 27.5. The molecule has 0 radical (unpaired) electrons. The Morgan fingerprint density at radius 2 is 1.72 bits per heavy atom. The summed E-state index contributed by atoms with van der Waals surface area (Å²) in [4.78, 5) is 25.2. The first-order chi connectivity index (χ1) is 34.5. The fourth-order valence-electron chi connectivity index (χ4n) is 19.6. The van der Waals surface area contributed by atoms with E-state index < -0.39 is 65.6 Å². The molecule has 16 atom stereocenters. The van der Waals surface area contributed by atoms with E-state index in [9.17, 15) is 45.3 Å². The summed E-state index contributed by atoms with van der Waals surface area (Å²) in [6, 6.07) is 2.56. The van der Waals surface area contributed by atoms with E-state index in [4.69, 9.17) is 18.9 Å². The molecule has 12 rings (SSSR count). The van der Waals surface area contributed by atoms with E-state index in [1.807, 2.05) is 0 Å². The molecule has 16 unspecified atom stereocenters. The number of benzene rings is 2. The number of rotatable bonds is 8. The van der Waals surface area contributed by atoms with Crippen LogP contribution in [0.2, 0.25) is 0 Å². The summed E-state index contributed by atoms with van der Waals surface area (Å²) in [5.41, 5.74) is 6.50. The van der Waals surface area contributed by atoms with Crippen LogP contribution < -0.4 is 15.6 Å². The summed E-state index contributed by atoms with van der Waals surface area (Å²) in [6.07, 6.45) is 15.3. The maximum atomic E-state index is 12.8. The topological polar surface area (TPSA) is 237 Å². The van der Waals surface area contributed by atoms with Crippen LogP contribution in [-0.4, -0.2) is 127 Å². The van der Waals surface area contributed by atoms with Gasteiger partial charge in [0.1, 0.15) is 47.1 Å². The number of phenolic OH excluding ortho intramolecular Hbond substituents is 2. The standard InChI is InChI=1S/C55H76N2O13S2/c1-30-40(31(2)60)43(62)41-36(42(30)61)18-32(47(65)66)19-37(41)69-48-44(63)46(64)55(39(22-59)70-48)16-15-54-26-51(20-33-23-67-27-50(45(33)54,11-5-17-58)28-71-72-29-68-55)24-52(21-38(51)56-57-54)12-9-35-7-3-6-34-8-4-10-49(34)13-14-53(35,52)25-49/h18-19,33-35,38-39,44-46,48,56-59,61-64H,3-17,20-29H2,1-2H3,(H,65,66). The fourth-order valence-corrected chi connectivity index (χ4v) is 22.0. The van der Waals surface area contributed by atoms with Crippen molar-refractivity contribution in [2.75, 3.05) is 38.1 Å². The van der Waals surface area contributed by atoms with Crippen LogP contribution in [0.5, 0.6) is 17.2 Å².